The van der Waals surface area contributed by atoms with Crippen LogP contribution in [0.15, 0.2) is 0 Å². The first-order valence-electron chi connectivity index (χ1n) is 6.26. The second kappa shape index (κ2) is 7.39. The van der Waals surface area contributed by atoms with Crippen molar-refractivity contribution in [2.45, 2.75) is 18.3 Å². The lowest BCUT2D eigenvalue weighted by molar-refractivity contribution is -0.150. The van der Waals surface area contributed by atoms with E-state index in [0.717, 1.165) is 0 Å². The number of nitrogens with two attached hydrogens (primary N) is 1. The van der Waals surface area contributed by atoms with E-state index in [0.29, 0.717) is 32.8 Å². The molecule has 0 aromatic heterocycles. The standard InChI is InChI=1S/C11H22F3N3O2/c1-19-7-9(15)10(6-18)17-4-2-16(3-5-17)8-11(12,13)14/h9-10,18H,2-8,15H2,1H3. The summed E-state index contributed by atoms with van der Waals surface area (Å²) >= 11 is 0. The number of hydrogen-bond donors (Lipinski definition) is 2. The number of piperazine rings is 1. The third-order valence-corrected chi connectivity index (χ3v) is 3.32. The highest BCUT2D eigenvalue weighted by Gasteiger charge is 2.34. The number of methoxy groups -OCH3 is 1. The van der Waals surface area contributed by atoms with Crippen LogP contribution < -0.4 is 5.73 Å². The molecule has 0 saturated carbocycles. The highest BCUT2D eigenvalue weighted by molar-refractivity contribution is 4.85. The Bertz CT molecular complexity index is 258. The number of nitrogens with zero attached hydrogens (tertiary/aromatic N) is 2. The zero-order valence-electron chi connectivity index (χ0n) is 11.1. The van der Waals surface area contributed by atoms with E-state index >= 15 is 0 Å². The summed E-state index contributed by atoms with van der Waals surface area (Å²) in [5.41, 5.74) is 5.89. The molecule has 114 valence electrons. The number of rotatable bonds is 6. The monoisotopic (exact) mass is 285 g/mol. The lowest BCUT2D eigenvalue weighted by atomic mass is 10.1. The Morgan fingerprint density at radius 1 is 1.26 bits per heavy atom. The topological polar surface area (TPSA) is 62.0 Å². The second-order valence-corrected chi connectivity index (χ2v) is 4.80. The minimum Gasteiger partial charge on any atom is -0.395 e. The van der Waals surface area contributed by atoms with Crippen LogP contribution in [0.3, 0.4) is 0 Å². The third kappa shape index (κ3) is 5.62. The predicted molar refractivity (Wildman–Crippen MR) is 64.8 cm³/mol. The summed E-state index contributed by atoms with van der Waals surface area (Å²) < 4.78 is 41.7. The highest BCUT2D eigenvalue weighted by atomic mass is 19.4. The van der Waals surface area contributed by atoms with Gasteiger partial charge in [0.2, 0.25) is 0 Å². The molecule has 0 spiro atoms. The van der Waals surface area contributed by atoms with Crippen molar-refractivity contribution in [1.29, 1.82) is 0 Å². The Morgan fingerprint density at radius 3 is 2.26 bits per heavy atom. The molecule has 0 amide bonds. The summed E-state index contributed by atoms with van der Waals surface area (Å²) in [5, 5.41) is 9.36. The number of halogens is 3. The van der Waals surface area contributed by atoms with Crippen LogP contribution >= 0.6 is 0 Å². The van der Waals surface area contributed by atoms with Crippen LogP contribution in [-0.2, 0) is 4.74 Å². The van der Waals surface area contributed by atoms with Crippen LogP contribution in [-0.4, -0.2) is 86.2 Å². The van der Waals surface area contributed by atoms with Gasteiger partial charge in [-0.3, -0.25) is 9.80 Å². The van der Waals surface area contributed by atoms with E-state index in [1.807, 2.05) is 4.90 Å². The molecule has 1 fully saturated rings. The van der Waals surface area contributed by atoms with E-state index < -0.39 is 12.7 Å². The molecule has 19 heavy (non-hydrogen) atoms. The van der Waals surface area contributed by atoms with Gasteiger partial charge < -0.3 is 15.6 Å². The first-order chi connectivity index (χ1) is 8.87. The van der Waals surface area contributed by atoms with E-state index in [9.17, 15) is 18.3 Å². The van der Waals surface area contributed by atoms with Gasteiger partial charge in [0.05, 0.1) is 25.8 Å². The Labute approximate surface area is 111 Å². The molecule has 5 nitrogen and oxygen atoms in total. The molecular weight excluding hydrogens is 263 g/mol. The molecule has 0 aromatic rings. The van der Waals surface area contributed by atoms with Crippen molar-refractivity contribution in [3.05, 3.63) is 0 Å². The molecule has 1 heterocycles. The molecule has 0 radical (unpaired) electrons. The van der Waals surface area contributed by atoms with Crippen molar-refractivity contribution < 1.29 is 23.0 Å². The van der Waals surface area contributed by atoms with Gasteiger partial charge >= 0.3 is 6.18 Å². The SMILES string of the molecule is COCC(N)C(CO)N1CCN(CC(F)(F)F)CC1. The average molecular weight is 285 g/mol. The predicted octanol–water partition coefficient (Wildman–Crippen LogP) is -0.499. The van der Waals surface area contributed by atoms with Gasteiger partial charge in [-0.15, -0.1) is 0 Å². The highest BCUT2D eigenvalue weighted by Crippen LogP contribution is 2.18. The van der Waals surface area contributed by atoms with E-state index in [1.165, 1.54) is 12.0 Å². The number of ether oxygens (including phenoxy) is 1. The van der Waals surface area contributed by atoms with Crippen LogP contribution in [0.1, 0.15) is 0 Å². The number of hydrogen-bond acceptors (Lipinski definition) is 5. The minimum absolute atomic E-state index is 0.121. The molecular formula is C11H22F3N3O2. The van der Waals surface area contributed by atoms with Crippen molar-refractivity contribution >= 4 is 0 Å². The van der Waals surface area contributed by atoms with Gasteiger partial charge in [-0.25, -0.2) is 0 Å². The minimum atomic E-state index is -4.16. The molecule has 1 aliphatic rings. The Morgan fingerprint density at radius 2 is 1.84 bits per heavy atom. The molecule has 0 aliphatic carbocycles. The molecule has 0 bridgehead atoms. The number of alkyl halides is 3. The van der Waals surface area contributed by atoms with Crippen LogP contribution in [0.4, 0.5) is 13.2 Å². The normalized spacial score (nSPS) is 22.4. The van der Waals surface area contributed by atoms with Gasteiger partial charge in [-0.2, -0.15) is 13.2 Å². The van der Waals surface area contributed by atoms with Crippen molar-refractivity contribution in [3.63, 3.8) is 0 Å². The zero-order chi connectivity index (χ0) is 14.5. The quantitative estimate of drug-likeness (QED) is 0.689. The lowest BCUT2D eigenvalue weighted by Crippen LogP contribution is -2.58. The van der Waals surface area contributed by atoms with Gasteiger partial charge in [0.1, 0.15) is 0 Å². The Hall–Kier alpha value is -0.410. The molecule has 2 atom stereocenters. The first-order valence-corrected chi connectivity index (χ1v) is 6.26. The Kier molecular flexibility index (Phi) is 6.48. The maximum absolute atomic E-state index is 12.3. The summed E-state index contributed by atoms with van der Waals surface area (Å²) in [7, 11) is 1.52. The van der Waals surface area contributed by atoms with Gasteiger partial charge in [-0.1, -0.05) is 0 Å². The van der Waals surface area contributed by atoms with Crippen molar-refractivity contribution in [2.75, 3.05) is 53.0 Å². The fourth-order valence-electron chi connectivity index (χ4n) is 2.33. The molecule has 1 rings (SSSR count). The molecule has 1 saturated heterocycles. The van der Waals surface area contributed by atoms with Crippen molar-refractivity contribution in [3.8, 4) is 0 Å². The second-order valence-electron chi connectivity index (χ2n) is 4.80. The largest absolute Gasteiger partial charge is 0.401 e. The summed E-state index contributed by atoms with van der Waals surface area (Å²) in [6.07, 6.45) is -4.16. The third-order valence-electron chi connectivity index (χ3n) is 3.32. The number of aliphatic hydroxyl groups excluding tert-OH is 1. The average Bonchev–Trinajstić information content (AvgIpc) is 2.30. The van der Waals surface area contributed by atoms with Crippen LogP contribution in [0.25, 0.3) is 0 Å². The fourth-order valence-corrected chi connectivity index (χ4v) is 2.33. The molecule has 2 unspecified atom stereocenters. The van der Waals surface area contributed by atoms with Gasteiger partial charge in [0.15, 0.2) is 0 Å². The van der Waals surface area contributed by atoms with E-state index in [1.54, 1.807) is 0 Å². The van der Waals surface area contributed by atoms with Crippen LogP contribution in [0.5, 0.6) is 0 Å². The Balaban J connectivity index is 2.43. The molecule has 1 aliphatic heterocycles. The summed E-state index contributed by atoms with van der Waals surface area (Å²) in [5.74, 6) is 0. The van der Waals surface area contributed by atoms with Crippen molar-refractivity contribution in [1.82, 2.24) is 9.80 Å². The van der Waals surface area contributed by atoms with E-state index in [-0.39, 0.29) is 18.7 Å². The molecule has 0 aromatic carbocycles. The summed E-state index contributed by atoms with van der Waals surface area (Å²) in [6, 6.07) is -0.614. The van der Waals surface area contributed by atoms with Gasteiger partial charge in [0.25, 0.3) is 0 Å². The lowest BCUT2D eigenvalue weighted by Gasteiger charge is -2.40. The maximum atomic E-state index is 12.3. The van der Waals surface area contributed by atoms with Crippen molar-refractivity contribution in [2.24, 2.45) is 5.73 Å². The van der Waals surface area contributed by atoms with E-state index in [4.69, 9.17) is 10.5 Å². The summed E-state index contributed by atoms with van der Waals surface area (Å²) in [4.78, 5) is 3.29. The van der Waals surface area contributed by atoms with Gasteiger partial charge in [0, 0.05) is 39.3 Å². The zero-order valence-corrected chi connectivity index (χ0v) is 11.1. The summed E-state index contributed by atoms with van der Waals surface area (Å²) in [6.45, 7) is 0.912. The molecule has 3 N–H and O–H groups in total. The maximum Gasteiger partial charge on any atom is 0.401 e. The first kappa shape index (κ1) is 16.6. The molecule has 8 heteroatoms. The number of aliphatic hydroxyl groups is 1. The smallest absolute Gasteiger partial charge is 0.395 e. The van der Waals surface area contributed by atoms with Crippen LogP contribution in [0.2, 0.25) is 0 Å². The van der Waals surface area contributed by atoms with E-state index in [2.05, 4.69) is 0 Å². The van der Waals surface area contributed by atoms with Gasteiger partial charge in [-0.05, 0) is 0 Å². The fraction of sp³-hybridized carbons (Fsp3) is 1.00. The van der Waals surface area contributed by atoms with Crippen LogP contribution in [0, 0.1) is 0 Å².